The number of nitriles is 1. The number of hydrogen-bond donors (Lipinski definition) is 1. The number of nitrogens with two attached hydrogens (primary N) is 1. The lowest BCUT2D eigenvalue weighted by Gasteiger charge is -2.13. The summed E-state index contributed by atoms with van der Waals surface area (Å²) in [6.07, 6.45) is 0. The van der Waals surface area contributed by atoms with Crippen LogP contribution in [0.5, 0.6) is 0 Å². The van der Waals surface area contributed by atoms with Crippen LogP contribution in [0.3, 0.4) is 0 Å². The van der Waals surface area contributed by atoms with Crippen LogP contribution in [0.4, 0.5) is 27.8 Å². The van der Waals surface area contributed by atoms with Gasteiger partial charge in [-0.3, -0.25) is 0 Å². The number of hydrogen-bond acceptors (Lipinski definition) is 3. The lowest BCUT2D eigenvalue weighted by atomic mass is 9.96. The van der Waals surface area contributed by atoms with Crippen LogP contribution < -0.4 is 5.73 Å². The van der Waals surface area contributed by atoms with Crippen molar-refractivity contribution in [3.8, 4) is 28.5 Å². The van der Waals surface area contributed by atoms with E-state index in [0.717, 1.165) is 11.6 Å². The van der Waals surface area contributed by atoms with Gasteiger partial charge in [0.05, 0.1) is 11.3 Å². The third kappa shape index (κ3) is 2.97. The van der Waals surface area contributed by atoms with Crippen molar-refractivity contribution in [1.29, 1.82) is 5.26 Å². The van der Waals surface area contributed by atoms with Crippen LogP contribution in [0.15, 0.2) is 30.3 Å². The average molecular weight is 375 g/mol. The molecule has 0 radical (unpaired) electrons. The minimum atomic E-state index is -2.28. The minimum Gasteiger partial charge on any atom is -0.383 e. The van der Waals surface area contributed by atoms with Gasteiger partial charge in [0.25, 0.3) is 0 Å². The number of nitrogens with zero attached hydrogens (tertiary/aromatic N) is 2. The first-order valence-corrected chi connectivity index (χ1v) is 7.55. The first kappa shape index (κ1) is 18.3. The van der Waals surface area contributed by atoms with E-state index < -0.39 is 51.6 Å². The van der Waals surface area contributed by atoms with Crippen molar-refractivity contribution in [2.24, 2.45) is 0 Å². The Kier molecular flexibility index (Phi) is 4.54. The van der Waals surface area contributed by atoms with Gasteiger partial charge in [0.2, 0.25) is 5.82 Å². The zero-order chi connectivity index (χ0) is 19.9. The zero-order valence-electron chi connectivity index (χ0n) is 13.7. The highest BCUT2D eigenvalue weighted by atomic mass is 19.2. The van der Waals surface area contributed by atoms with Gasteiger partial charge in [-0.25, -0.2) is 26.9 Å². The number of anilines is 1. The smallest absolute Gasteiger partial charge is 0.200 e. The van der Waals surface area contributed by atoms with Crippen molar-refractivity contribution in [3.05, 3.63) is 70.5 Å². The molecule has 0 saturated heterocycles. The monoisotopic (exact) mass is 375 g/mol. The predicted octanol–water partition coefficient (Wildman–Crippen LogP) is 4.87. The number of benzene rings is 2. The zero-order valence-corrected chi connectivity index (χ0v) is 13.7. The molecule has 2 aromatic carbocycles. The first-order valence-electron chi connectivity index (χ1n) is 7.55. The number of pyridine rings is 1. The Hall–Kier alpha value is -3.47. The van der Waals surface area contributed by atoms with Gasteiger partial charge in [0.15, 0.2) is 23.3 Å². The molecule has 0 saturated carbocycles. The van der Waals surface area contributed by atoms with Crippen LogP contribution in [0.1, 0.15) is 11.1 Å². The summed E-state index contributed by atoms with van der Waals surface area (Å²) in [5, 5.41) is 9.26. The molecule has 27 heavy (non-hydrogen) atoms. The quantitative estimate of drug-likeness (QED) is 0.395. The molecule has 8 heteroatoms. The van der Waals surface area contributed by atoms with Crippen LogP contribution in [0.2, 0.25) is 0 Å². The molecule has 136 valence electrons. The second kappa shape index (κ2) is 6.68. The van der Waals surface area contributed by atoms with E-state index >= 15 is 0 Å². The first-order chi connectivity index (χ1) is 12.8. The number of aryl methyl sites for hydroxylation is 1. The van der Waals surface area contributed by atoms with E-state index in [0.29, 0.717) is 5.56 Å². The van der Waals surface area contributed by atoms with Crippen LogP contribution in [0.25, 0.3) is 22.4 Å². The summed E-state index contributed by atoms with van der Waals surface area (Å²) >= 11 is 0. The molecular weight excluding hydrogens is 365 g/mol. The minimum absolute atomic E-state index is 0.116. The van der Waals surface area contributed by atoms with Crippen LogP contribution >= 0.6 is 0 Å². The number of aromatic nitrogens is 1. The molecule has 3 aromatic rings. The molecule has 0 amide bonds. The Morgan fingerprint density at radius 1 is 0.889 bits per heavy atom. The van der Waals surface area contributed by atoms with Gasteiger partial charge in [0.1, 0.15) is 17.5 Å². The Morgan fingerprint density at radius 3 is 1.93 bits per heavy atom. The molecule has 2 N–H and O–H groups in total. The molecule has 0 spiro atoms. The van der Waals surface area contributed by atoms with Crippen molar-refractivity contribution in [3.63, 3.8) is 0 Å². The van der Waals surface area contributed by atoms with Crippen molar-refractivity contribution in [1.82, 2.24) is 4.98 Å². The maximum absolute atomic E-state index is 14.2. The number of halogens is 5. The summed E-state index contributed by atoms with van der Waals surface area (Å²) in [7, 11) is 0. The van der Waals surface area contributed by atoms with Gasteiger partial charge in [-0.05, 0) is 13.0 Å². The van der Waals surface area contributed by atoms with E-state index in [1.165, 1.54) is 0 Å². The van der Waals surface area contributed by atoms with Crippen molar-refractivity contribution in [2.45, 2.75) is 6.92 Å². The Bertz CT molecular complexity index is 1070. The Labute approximate surface area is 150 Å². The molecule has 0 aliphatic rings. The topological polar surface area (TPSA) is 62.7 Å². The van der Waals surface area contributed by atoms with Gasteiger partial charge < -0.3 is 5.73 Å². The van der Waals surface area contributed by atoms with Gasteiger partial charge in [0, 0.05) is 11.1 Å². The molecule has 0 bridgehead atoms. The molecule has 0 fully saturated rings. The van der Waals surface area contributed by atoms with E-state index in [1.54, 1.807) is 30.3 Å². The van der Waals surface area contributed by atoms with Crippen molar-refractivity contribution >= 4 is 5.82 Å². The second-order valence-corrected chi connectivity index (χ2v) is 5.74. The average Bonchev–Trinajstić information content (AvgIpc) is 2.65. The highest BCUT2D eigenvalue weighted by Gasteiger charge is 2.29. The van der Waals surface area contributed by atoms with Crippen LogP contribution in [-0.2, 0) is 0 Å². The highest BCUT2D eigenvalue weighted by Crippen LogP contribution is 2.36. The third-order valence-corrected chi connectivity index (χ3v) is 3.99. The molecular formula is C19H10F5N3. The lowest BCUT2D eigenvalue weighted by Crippen LogP contribution is -2.07. The fourth-order valence-electron chi connectivity index (χ4n) is 2.59. The third-order valence-electron chi connectivity index (χ3n) is 3.99. The van der Waals surface area contributed by atoms with Gasteiger partial charge in [-0.15, -0.1) is 0 Å². The van der Waals surface area contributed by atoms with Gasteiger partial charge >= 0.3 is 0 Å². The molecule has 0 unspecified atom stereocenters. The summed E-state index contributed by atoms with van der Waals surface area (Å²) in [6, 6.07) is 9.43. The molecule has 3 rings (SSSR count). The van der Waals surface area contributed by atoms with Crippen molar-refractivity contribution in [2.75, 3.05) is 5.73 Å². The summed E-state index contributed by atoms with van der Waals surface area (Å²) in [5.74, 6) is -11.0. The summed E-state index contributed by atoms with van der Waals surface area (Å²) in [6.45, 7) is 1.84. The van der Waals surface area contributed by atoms with Crippen molar-refractivity contribution < 1.29 is 22.0 Å². The number of nitrogen functional groups attached to an aromatic ring is 1. The largest absolute Gasteiger partial charge is 0.383 e. The molecule has 1 aromatic heterocycles. The predicted molar refractivity (Wildman–Crippen MR) is 88.8 cm³/mol. The van der Waals surface area contributed by atoms with Crippen LogP contribution in [-0.4, -0.2) is 4.98 Å². The second-order valence-electron chi connectivity index (χ2n) is 5.74. The summed E-state index contributed by atoms with van der Waals surface area (Å²) in [5.41, 5.74) is 4.98. The lowest BCUT2D eigenvalue weighted by molar-refractivity contribution is 0.381. The van der Waals surface area contributed by atoms with Crippen LogP contribution in [0, 0.1) is 47.3 Å². The van der Waals surface area contributed by atoms with E-state index in [2.05, 4.69) is 4.98 Å². The Balaban J connectivity index is 2.37. The summed E-state index contributed by atoms with van der Waals surface area (Å²) in [4.78, 5) is 4.00. The molecule has 0 aliphatic carbocycles. The van der Waals surface area contributed by atoms with E-state index in [-0.39, 0.29) is 5.69 Å². The standard InChI is InChI=1S/C19H10F5N3/c1-8-2-4-9(5-3-8)12-6-10(11(7-25)19(26)27-12)13-14(20)16(22)18(24)17(23)15(13)21/h2-6H,1H3,(H2,26,27). The van der Waals surface area contributed by atoms with E-state index in [9.17, 15) is 27.2 Å². The van der Waals surface area contributed by atoms with Gasteiger partial charge in [-0.1, -0.05) is 29.8 Å². The summed E-state index contributed by atoms with van der Waals surface area (Å²) < 4.78 is 69.0. The normalized spacial score (nSPS) is 10.7. The highest BCUT2D eigenvalue weighted by molar-refractivity contribution is 5.80. The fraction of sp³-hybridized carbons (Fsp3) is 0.0526. The molecule has 0 aliphatic heterocycles. The Morgan fingerprint density at radius 2 is 1.41 bits per heavy atom. The van der Waals surface area contributed by atoms with E-state index in [4.69, 9.17) is 5.73 Å². The molecule has 1 heterocycles. The van der Waals surface area contributed by atoms with E-state index in [1.807, 2.05) is 6.92 Å². The molecule has 3 nitrogen and oxygen atoms in total. The SMILES string of the molecule is Cc1ccc(-c2cc(-c3c(F)c(F)c(F)c(F)c3F)c(C#N)c(N)n2)cc1. The maximum Gasteiger partial charge on any atom is 0.200 e. The maximum atomic E-state index is 14.2. The molecule has 0 atom stereocenters. The van der Waals surface area contributed by atoms with Gasteiger partial charge in [-0.2, -0.15) is 5.26 Å². The fourth-order valence-corrected chi connectivity index (χ4v) is 2.59. The number of rotatable bonds is 2.